The number of benzene rings is 1. The van der Waals surface area contributed by atoms with E-state index in [0.29, 0.717) is 0 Å². The topological polar surface area (TPSA) is 34.0 Å². The number of thiophene rings is 1. The standard InChI is InChI=1S/C20H18N2OS/c1-14-12-17-18(23)13-19(21-15-8-4-2-5-9-15)22(20(17)24-14)16-10-6-3-7-11-16/h3-4,6-13,21H,2,5H2,1H3. The molecule has 2 heterocycles. The van der Waals surface area contributed by atoms with Crippen molar-refractivity contribution in [2.24, 2.45) is 0 Å². The molecular weight excluding hydrogens is 316 g/mol. The third kappa shape index (κ3) is 2.69. The summed E-state index contributed by atoms with van der Waals surface area (Å²) in [5.74, 6) is 0.804. The summed E-state index contributed by atoms with van der Waals surface area (Å²) in [6, 6.07) is 13.8. The smallest absolute Gasteiger partial charge is 0.192 e. The lowest BCUT2D eigenvalue weighted by atomic mass is 10.1. The molecule has 0 aliphatic heterocycles. The average molecular weight is 334 g/mol. The Kier molecular flexibility index (Phi) is 3.82. The first kappa shape index (κ1) is 15.0. The third-order valence-electron chi connectivity index (χ3n) is 4.09. The molecule has 3 nitrogen and oxygen atoms in total. The number of rotatable bonds is 3. The zero-order chi connectivity index (χ0) is 16.5. The zero-order valence-electron chi connectivity index (χ0n) is 13.5. The van der Waals surface area contributed by atoms with Crippen LogP contribution in [0.1, 0.15) is 17.7 Å². The van der Waals surface area contributed by atoms with Crippen molar-refractivity contribution in [2.75, 3.05) is 5.32 Å². The van der Waals surface area contributed by atoms with Crippen LogP contribution in [0, 0.1) is 6.92 Å². The highest BCUT2D eigenvalue weighted by atomic mass is 32.1. The highest BCUT2D eigenvalue weighted by Gasteiger charge is 2.14. The Morgan fingerprint density at radius 2 is 1.96 bits per heavy atom. The molecule has 0 spiro atoms. The van der Waals surface area contributed by atoms with Gasteiger partial charge in [0, 0.05) is 22.3 Å². The molecule has 1 aromatic carbocycles. The molecule has 1 aliphatic rings. The maximum absolute atomic E-state index is 12.6. The lowest BCUT2D eigenvalue weighted by molar-refractivity contribution is 1.01. The Morgan fingerprint density at radius 3 is 2.71 bits per heavy atom. The third-order valence-corrected chi connectivity index (χ3v) is 5.13. The van der Waals surface area contributed by atoms with E-state index in [-0.39, 0.29) is 5.43 Å². The summed E-state index contributed by atoms with van der Waals surface area (Å²) < 4.78 is 2.14. The second kappa shape index (κ2) is 6.13. The predicted molar refractivity (Wildman–Crippen MR) is 102 cm³/mol. The molecule has 0 unspecified atom stereocenters. The maximum Gasteiger partial charge on any atom is 0.192 e. The molecule has 3 aromatic rings. The largest absolute Gasteiger partial charge is 0.341 e. The van der Waals surface area contributed by atoms with Crippen LogP contribution in [0.15, 0.2) is 71.2 Å². The van der Waals surface area contributed by atoms with E-state index in [2.05, 4.69) is 40.2 Å². The fraction of sp³-hybridized carbons (Fsp3) is 0.150. The minimum Gasteiger partial charge on any atom is -0.341 e. The van der Waals surface area contributed by atoms with Crippen LogP contribution in [0.5, 0.6) is 0 Å². The van der Waals surface area contributed by atoms with Crippen molar-refractivity contribution in [1.82, 2.24) is 4.57 Å². The Hall–Kier alpha value is -2.59. The highest BCUT2D eigenvalue weighted by Crippen LogP contribution is 2.29. The molecule has 120 valence electrons. The number of pyridine rings is 1. The maximum atomic E-state index is 12.6. The molecule has 0 saturated heterocycles. The van der Waals surface area contributed by atoms with Gasteiger partial charge < -0.3 is 5.32 Å². The Labute approximate surface area is 144 Å². The van der Waals surface area contributed by atoms with E-state index in [1.54, 1.807) is 17.4 Å². The van der Waals surface area contributed by atoms with Crippen LogP contribution in [0.4, 0.5) is 5.82 Å². The van der Waals surface area contributed by atoms with E-state index in [0.717, 1.165) is 45.1 Å². The van der Waals surface area contributed by atoms with Gasteiger partial charge in [0.15, 0.2) is 5.43 Å². The second-order valence-corrected chi connectivity index (χ2v) is 7.14. The van der Waals surface area contributed by atoms with E-state index >= 15 is 0 Å². The number of para-hydroxylation sites is 1. The molecule has 2 aromatic heterocycles. The molecule has 0 fully saturated rings. The number of hydrogen-bond donors (Lipinski definition) is 1. The molecule has 0 atom stereocenters. The zero-order valence-corrected chi connectivity index (χ0v) is 14.3. The molecule has 0 radical (unpaired) electrons. The van der Waals surface area contributed by atoms with Crippen molar-refractivity contribution in [3.05, 3.63) is 81.5 Å². The van der Waals surface area contributed by atoms with Gasteiger partial charge in [0.05, 0.1) is 5.39 Å². The number of hydrogen-bond acceptors (Lipinski definition) is 3. The highest BCUT2D eigenvalue weighted by molar-refractivity contribution is 7.18. The van der Waals surface area contributed by atoms with Gasteiger partial charge >= 0.3 is 0 Å². The van der Waals surface area contributed by atoms with E-state index < -0.39 is 0 Å². The summed E-state index contributed by atoms with van der Waals surface area (Å²) in [4.78, 5) is 14.7. The molecule has 4 rings (SSSR count). The number of aryl methyl sites for hydroxylation is 1. The normalized spacial score (nSPS) is 14.0. The predicted octanol–water partition coefficient (Wildman–Crippen LogP) is 5.01. The van der Waals surface area contributed by atoms with Crippen LogP contribution in [0.2, 0.25) is 0 Å². The number of allylic oxidation sites excluding steroid dienone is 3. The first-order chi connectivity index (χ1) is 11.7. The van der Waals surface area contributed by atoms with Gasteiger partial charge in [-0.15, -0.1) is 11.3 Å². The quantitative estimate of drug-likeness (QED) is 0.731. The molecule has 24 heavy (non-hydrogen) atoms. The fourth-order valence-electron chi connectivity index (χ4n) is 3.00. The number of fused-ring (bicyclic) bond motifs is 1. The van der Waals surface area contributed by atoms with Gasteiger partial charge in [-0.1, -0.05) is 30.4 Å². The lowest BCUT2D eigenvalue weighted by Gasteiger charge is -2.18. The molecule has 1 N–H and O–H groups in total. The van der Waals surface area contributed by atoms with Crippen molar-refractivity contribution in [3.8, 4) is 5.69 Å². The molecular formula is C20H18N2OS. The second-order valence-electron chi connectivity index (χ2n) is 5.90. The van der Waals surface area contributed by atoms with Gasteiger partial charge in [-0.2, -0.15) is 0 Å². The molecule has 0 amide bonds. The van der Waals surface area contributed by atoms with Crippen molar-refractivity contribution in [1.29, 1.82) is 0 Å². The summed E-state index contributed by atoms with van der Waals surface area (Å²) in [5.41, 5.74) is 2.15. The number of nitrogens with zero attached hydrogens (tertiary/aromatic N) is 1. The number of aromatic nitrogens is 1. The van der Waals surface area contributed by atoms with Crippen molar-refractivity contribution < 1.29 is 0 Å². The summed E-state index contributed by atoms with van der Waals surface area (Å²) in [6.45, 7) is 2.04. The van der Waals surface area contributed by atoms with E-state index in [4.69, 9.17) is 0 Å². The summed E-state index contributed by atoms with van der Waals surface area (Å²) in [6.07, 6.45) is 8.49. The molecule has 0 saturated carbocycles. The fourth-order valence-corrected chi connectivity index (χ4v) is 4.05. The van der Waals surface area contributed by atoms with Crippen LogP contribution in [0.25, 0.3) is 15.9 Å². The molecule has 0 bridgehead atoms. The van der Waals surface area contributed by atoms with Gasteiger partial charge in [0.25, 0.3) is 0 Å². The number of anilines is 1. The molecule has 1 aliphatic carbocycles. The average Bonchev–Trinajstić information content (AvgIpc) is 2.99. The first-order valence-corrected chi connectivity index (χ1v) is 8.89. The van der Waals surface area contributed by atoms with Crippen LogP contribution < -0.4 is 10.7 Å². The SMILES string of the molecule is Cc1cc2c(=O)cc(NC3=CCCC=C3)n(-c3ccccc3)c2s1. The summed E-state index contributed by atoms with van der Waals surface area (Å²) in [7, 11) is 0. The van der Waals surface area contributed by atoms with Crippen molar-refractivity contribution in [3.63, 3.8) is 0 Å². The number of nitrogens with one attached hydrogen (secondary N) is 1. The summed E-state index contributed by atoms with van der Waals surface area (Å²) in [5, 5.41) is 4.21. The van der Waals surface area contributed by atoms with Gasteiger partial charge in [-0.05, 0) is 44.0 Å². The lowest BCUT2D eigenvalue weighted by Crippen LogP contribution is -2.13. The van der Waals surface area contributed by atoms with Crippen LogP contribution >= 0.6 is 11.3 Å². The van der Waals surface area contributed by atoms with Crippen molar-refractivity contribution >= 4 is 27.4 Å². The first-order valence-electron chi connectivity index (χ1n) is 8.08. The summed E-state index contributed by atoms with van der Waals surface area (Å²) >= 11 is 1.65. The van der Waals surface area contributed by atoms with E-state index in [1.165, 1.54) is 0 Å². The van der Waals surface area contributed by atoms with Crippen LogP contribution in [0.3, 0.4) is 0 Å². The molecule has 4 heteroatoms. The van der Waals surface area contributed by atoms with E-state index in [1.807, 2.05) is 31.2 Å². The Bertz CT molecular complexity index is 1010. The van der Waals surface area contributed by atoms with Crippen LogP contribution in [-0.4, -0.2) is 4.57 Å². The van der Waals surface area contributed by atoms with Gasteiger partial charge in [-0.25, -0.2) is 0 Å². The minimum atomic E-state index is 0.0596. The Morgan fingerprint density at radius 1 is 1.12 bits per heavy atom. The van der Waals surface area contributed by atoms with Gasteiger partial charge in [-0.3, -0.25) is 9.36 Å². The van der Waals surface area contributed by atoms with Crippen LogP contribution in [-0.2, 0) is 0 Å². The van der Waals surface area contributed by atoms with E-state index in [9.17, 15) is 4.79 Å². The monoisotopic (exact) mass is 334 g/mol. The van der Waals surface area contributed by atoms with Crippen molar-refractivity contribution in [2.45, 2.75) is 19.8 Å². The van der Waals surface area contributed by atoms with Gasteiger partial charge in [0.1, 0.15) is 10.6 Å². The van der Waals surface area contributed by atoms with Gasteiger partial charge in [0.2, 0.25) is 0 Å². The minimum absolute atomic E-state index is 0.0596. The Balaban J connectivity index is 1.96.